The Kier molecular flexibility index (Phi) is 2.09. The molecule has 1 aliphatic heterocycles. The minimum absolute atomic E-state index is 0.180. The van der Waals surface area contributed by atoms with E-state index in [0.29, 0.717) is 0 Å². The van der Waals surface area contributed by atoms with Crippen LogP contribution in [0.25, 0.3) is 0 Å². The van der Waals surface area contributed by atoms with Crippen molar-refractivity contribution in [3.63, 3.8) is 0 Å². The van der Waals surface area contributed by atoms with Crippen molar-refractivity contribution in [1.82, 2.24) is 0 Å². The molecule has 2 nitrogen and oxygen atoms in total. The predicted octanol–water partition coefficient (Wildman–Crippen LogP) is 2.63. The fraction of sp³-hybridized carbons (Fsp3) is 0.909. The summed E-state index contributed by atoms with van der Waals surface area (Å²) in [6.07, 6.45) is 3.80. The number of hydrogen-bond acceptors (Lipinski definition) is 2. The molecule has 2 heteroatoms. The summed E-state index contributed by atoms with van der Waals surface area (Å²) in [6.45, 7) is 7.44. The van der Waals surface area contributed by atoms with E-state index in [4.69, 9.17) is 4.74 Å². The van der Waals surface area contributed by atoms with Crippen LogP contribution in [-0.4, -0.2) is 18.0 Å². The average molecular weight is 181 g/mol. The van der Waals surface area contributed by atoms with Gasteiger partial charge in [0, 0.05) is 6.92 Å². The van der Waals surface area contributed by atoms with Crippen LogP contribution in [0.5, 0.6) is 0 Å². The van der Waals surface area contributed by atoms with E-state index in [1.165, 1.54) is 19.3 Å². The van der Waals surface area contributed by atoms with Crippen LogP contribution in [0.4, 0.5) is 0 Å². The van der Waals surface area contributed by atoms with Gasteiger partial charge in [-0.1, -0.05) is 13.8 Å². The van der Waals surface area contributed by atoms with Crippen molar-refractivity contribution in [2.75, 3.05) is 6.61 Å². The lowest BCUT2D eigenvalue weighted by atomic mass is 9.91. The molecule has 2 rings (SSSR count). The average Bonchev–Trinajstić information content (AvgIpc) is 2.61. The second-order valence-corrected chi connectivity index (χ2v) is 4.89. The van der Waals surface area contributed by atoms with E-state index in [2.05, 4.69) is 18.8 Å². The van der Waals surface area contributed by atoms with E-state index >= 15 is 0 Å². The smallest absolute Gasteiger partial charge is 0.180 e. The Morgan fingerprint density at radius 2 is 2.31 bits per heavy atom. The van der Waals surface area contributed by atoms with E-state index in [-0.39, 0.29) is 5.54 Å². The van der Waals surface area contributed by atoms with E-state index in [1.54, 1.807) is 0 Å². The van der Waals surface area contributed by atoms with Crippen LogP contribution in [-0.2, 0) is 4.74 Å². The third-order valence-electron chi connectivity index (χ3n) is 3.51. The summed E-state index contributed by atoms with van der Waals surface area (Å²) < 4.78 is 5.47. The van der Waals surface area contributed by atoms with Gasteiger partial charge < -0.3 is 4.74 Å². The van der Waals surface area contributed by atoms with Crippen LogP contribution in [0.15, 0.2) is 4.99 Å². The van der Waals surface area contributed by atoms with Gasteiger partial charge in [-0.2, -0.15) is 0 Å². The van der Waals surface area contributed by atoms with Gasteiger partial charge in [0.1, 0.15) is 6.61 Å². The Balaban J connectivity index is 2.05. The molecule has 0 bridgehead atoms. The summed E-state index contributed by atoms with van der Waals surface area (Å²) in [7, 11) is 0. The number of ether oxygens (including phenoxy) is 1. The largest absolute Gasteiger partial charge is 0.479 e. The van der Waals surface area contributed by atoms with Crippen LogP contribution in [0, 0.1) is 11.8 Å². The Labute approximate surface area is 80.4 Å². The fourth-order valence-electron chi connectivity index (χ4n) is 2.59. The normalized spacial score (nSPS) is 38.5. The molecule has 0 aromatic heterocycles. The summed E-state index contributed by atoms with van der Waals surface area (Å²) >= 11 is 0. The maximum atomic E-state index is 5.47. The molecule has 1 saturated carbocycles. The molecule has 1 aliphatic carbocycles. The molecular formula is C11H19NO. The molecule has 74 valence electrons. The van der Waals surface area contributed by atoms with Crippen molar-refractivity contribution in [2.24, 2.45) is 16.8 Å². The number of rotatable bonds is 1. The van der Waals surface area contributed by atoms with Gasteiger partial charge in [0.15, 0.2) is 5.90 Å². The second-order valence-electron chi connectivity index (χ2n) is 4.89. The zero-order valence-electron chi connectivity index (χ0n) is 8.84. The first kappa shape index (κ1) is 9.04. The van der Waals surface area contributed by atoms with Gasteiger partial charge in [0.05, 0.1) is 5.54 Å². The molecule has 0 N–H and O–H groups in total. The standard InChI is InChI=1S/C11H19NO/c1-8(2)10-4-5-11(6-10)7-13-9(3)12-11/h8,10H,4-7H2,1-3H3. The van der Waals surface area contributed by atoms with Gasteiger partial charge in [-0.05, 0) is 31.1 Å². The molecule has 0 aromatic rings. The van der Waals surface area contributed by atoms with Crippen molar-refractivity contribution in [1.29, 1.82) is 0 Å². The summed E-state index contributed by atoms with van der Waals surface area (Å²) in [6, 6.07) is 0. The van der Waals surface area contributed by atoms with Crippen LogP contribution in [0.1, 0.15) is 40.0 Å². The van der Waals surface area contributed by atoms with Gasteiger partial charge in [0.25, 0.3) is 0 Å². The maximum Gasteiger partial charge on any atom is 0.180 e. The Hall–Kier alpha value is -0.530. The van der Waals surface area contributed by atoms with Gasteiger partial charge in [0.2, 0.25) is 0 Å². The first-order valence-corrected chi connectivity index (χ1v) is 5.31. The lowest BCUT2D eigenvalue weighted by Crippen LogP contribution is -2.24. The highest BCUT2D eigenvalue weighted by Gasteiger charge is 2.43. The highest BCUT2D eigenvalue weighted by Crippen LogP contribution is 2.43. The molecule has 1 spiro atoms. The lowest BCUT2D eigenvalue weighted by molar-refractivity contribution is 0.245. The summed E-state index contributed by atoms with van der Waals surface area (Å²) in [5, 5.41) is 0. The van der Waals surface area contributed by atoms with E-state index in [9.17, 15) is 0 Å². The quantitative estimate of drug-likeness (QED) is 0.609. The fourth-order valence-corrected chi connectivity index (χ4v) is 2.59. The van der Waals surface area contributed by atoms with Crippen LogP contribution in [0.3, 0.4) is 0 Å². The zero-order chi connectivity index (χ0) is 9.47. The van der Waals surface area contributed by atoms with Crippen LogP contribution >= 0.6 is 0 Å². The predicted molar refractivity (Wildman–Crippen MR) is 54.0 cm³/mol. The van der Waals surface area contributed by atoms with Crippen LogP contribution in [0.2, 0.25) is 0 Å². The highest BCUT2D eigenvalue weighted by atomic mass is 16.5. The number of nitrogens with zero attached hydrogens (tertiary/aromatic N) is 1. The van der Waals surface area contributed by atoms with Crippen molar-refractivity contribution in [3.05, 3.63) is 0 Å². The number of aliphatic imine (C=N–C) groups is 1. The van der Waals surface area contributed by atoms with Gasteiger partial charge >= 0.3 is 0 Å². The molecule has 2 unspecified atom stereocenters. The SMILES string of the molecule is CC1=NC2(CCC(C(C)C)C2)CO1. The number of hydrogen-bond donors (Lipinski definition) is 0. The first-order chi connectivity index (χ1) is 6.11. The van der Waals surface area contributed by atoms with Gasteiger partial charge in [-0.15, -0.1) is 0 Å². The molecule has 13 heavy (non-hydrogen) atoms. The monoisotopic (exact) mass is 181 g/mol. The third-order valence-corrected chi connectivity index (χ3v) is 3.51. The minimum atomic E-state index is 0.180. The van der Waals surface area contributed by atoms with Crippen molar-refractivity contribution in [3.8, 4) is 0 Å². The minimum Gasteiger partial charge on any atom is -0.479 e. The molecule has 0 radical (unpaired) electrons. The maximum absolute atomic E-state index is 5.47. The first-order valence-electron chi connectivity index (χ1n) is 5.31. The molecule has 1 fully saturated rings. The van der Waals surface area contributed by atoms with E-state index < -0.39 is 0 Å². The molecule has 0 saturated heterocycles. The molecule has 2 aliphatic rings. The Morgan fingerprint density at radius 3 is 2.77 bits per heavy atom. The molecule has 0 aromatic carbocycles. The van der Waals surface area contributed by atoms with E-state index in [0.717, 1.165) is 24.3 Å². The topological polar surface area (TPSA) is 21.6 Å². The Morgan fingerprint density at radius 1 is 1.54 bits per heavy atom. The summed E-state index contributed by atoms with van der Waals surface area (Å²) in [5.41, 5.74) is 0.180. The van der Waals surface area contributed by atoms with Crippen LogP contribution < -0.4 is 0 Å². The van der Waals surface area contributed by atoms with Crippen molar-refractivity contribution >= 4 is 5.90 Å². The van der Waals surface area contributed by atoms with Gasteiger partial charge in [-0.3, -0.25) is 0 Å². The molecule has 1 heterocycles. The highest BCUT2D eigenvalue weighted by molar-refractivity contribution is 5.75. The third kappa shape index (κ3) is 1.59. The van der Waals surface area contributed by atoms with Crippen molar-refractivity contribution < 1.29 is 4.74 Å². The van der Waals surface area contributed by atoms with E-state index in [1.807, 2.05) is 6.92 Å². The second kappa shape index (κ2) is 3.00. The molecule has 0 amide bonds. The summed E-state index contributed by atoms with van der Waals surface area (Å²) in [5.74, 6) is 2.55. The lowest BCUT2D eigenvalue weighted by Gasteiger charge is -2.19. The van der Waals surface area contributed by atoms with Gasteiger partial charge in [-0.25, -0.2) is 4.99 Å². The Bertz CT molecular complexity index is 234. The zero-order valence-corrected chi connectivity index (χ0v) is 8.84. The van der Waals surface area contributed by atoms with Crippen molar-refractivity contribution in [2.45, 2.75) is 45.6 Å². The molecular weight excluding hydrogens is 162 g/mol. The molecule has 2 atom stereocenters. The summed E-state index contributed by atoms with van der Waals surface area (Å²) in [4.78, 5) is 4.65.